The Morgan fingerprint density at radius 3 is 2.88 bits per heavy atom. The summed E-state index contributed by atoms with van der Waals surface area (Å²) in [6.07, 6.45) is 2.70. The first-order valence-electron chi connectivity index (χ1n) is 6.03. The monoisotopic (exact) mass is 252 g/mol. The minimum absolute atomic E-state index is 0.277. The number of likely N-dealkylation sites (tertiary alicyclic amines) is 1. The maximum atomic E-state index is 9.69. The zero-order valence-electron chi connectivity index (χ0n) is 10.2. The van der Waals surface area contributed by atoms with E-state index in [2.05, 4.69) is 23.9 Å². The number of benzene rings is 1. The molecule has 1 aromatic rings. The van der Waals surface area contributed by atoms with Crippen LogP contribution in [0.4, 0.5) is 5.69 Å². The third-order valence-electron chi connectivity index (χ3n) is 4.15. The molecule has 17 heavy (non-hydrogen) atoms. The van der Waals surface area contributed by atoms with Crippen LogP contribution in [0, 0.1) is 0 Å². The second kappa shape index (κ2) is 3.79. The Kier molecular flexibility index (Phi) is 2.49. The molecule has 4 heteroatoms. The lowest BCUT2D eigenvalue weighted by Gasteiger charge is -2.48. The maximum absolute atomic E-state index is 9.69. The Balaban J connectivity index is 2.15. The number of phenols is 1. The van der Waals surface area contributed by atoms with Crippen molar-refractivity contribution in [1.82, 2.24) is 4.90 Å². The quantitative estimate of drug-likeness (QED) is 0.769. The molecule has 3 rings (SSSR count). The highest BCUT2D eigenvalue weighted by Crippen LogP contribution is 2.47. The number of hydrogen-bond acceptors (Lipinski definition) is 3. The number of fused-ring (bicyclic) bond motifs is 4. The zero-order valence-corrected chi connectivity index (χ0v) is 10.9. The number of halogens is 1. The Labute approximate surface area is 107 Å². The van der Waals surface area contributed by atoms with Gasteiger partial charge in [0.05, 0.1) is 16.9 Å². The lowest BCUT2D eigenvalue weighted by molar-refractivity contribution is 0.159. The fourth-order valence-corrected chi connectivity index (χ4v) is 3.59. The Morgan fingerprint density at radius 1 is 1.35 bits per heavy atom. The van der Waals surface area contributed by atoms with Crippen LogP contribution in [0.25, 0.3) is 0 Å². The lowest BCUT2D eigenvalue weighted by atomic mass is 9.82. The third kappa shape index (κ3) is 1.60. The number of phenolic OH excluding ortho intramolecular Hbond substituents is 1. The van der Waals surface area contributed by atoms with Crippen LogP contribution >= 0.6 is 11.6 Å². The van der Waals surface area contributed by atoms with E-state index in [0.717, 1.165) is 25.1 Å². The number of nitrogens with zero attached hydrogens (tertiary/aromatic N) is 2. The first-order valence-corrected chi connectivity index (χ1v) is 6.41. The van der Waals surface area contributed by atoms with Gasteiger partial charge in [0.25, 0.3) is 0 Å². The van der Waals surface area contributed by atoms with Crippen LogP contribution in [0.15, 0.2) is 12.1 Å². The van der Waals surface area contributed by atoms with Crippen molar-refractivity contribution in [2.75, 3.05) is 25.5 Å². The van der Waals surface area contributed by atoms with Gasteiger partial charge in [0.2, 0.25) is 0 Å². The van der Waals surface area contributed by atoms with Crippen molar-refractivity contribution in [2.24, 2.45) is 0 Å². The number of piperidine rings is 1. The molecule has 2 unspecified atom stereocenters. The van der Waals surface area contributed by atoms with Gasteiger partial charge in [-0.2, -0.15) is 0 Å². The van der Waals surface area contributed by atoms with Gasteiger partial charge in [-0.1, -0.05) is 11.6 Å². The molecular formula is C13H17ClN2O. The van der Waals surface area contributed by atoms with E-state index in [1.807, 2.05) is 6.07 Å². The first kappa shape index (κ1) is 11.2. The van der Waals surface area contributed by atoms with Gasteiger partial charge in [0, 0.05) is 19.7 Å². The second-order valence-corrected chi connectivity index (χ2v) is 5.57. The zero-order chi connectivity index (χ0) is 12.2. The van der Waals surface area contributed by atoms with Gasteiger partial charge in [-0.25, -0.2) is 0 Å². The van der Waals surface area contributed by atoms with Gasteiger partial charge in [-0.05, 0) is 37.4 Å². The molecule has 2 bridgehead atoms. The van der Waals surface area contributed by atoms with Gasteiger partial charge >= 0.3 is 0 Å². The predicted octanol–water partition coefficient (Wildman–Crippen LogP) is 2.63. The summed E-state index contributed by atoms with van der Waals surface area (Å²) in [5.74, 6) is 0.812. The summed E-state index contributed by atoms with van der Waals surface area (Å²) in [4.78, 5) is 4.62. The van der Waals surface area contributed by atoms with E-state index in [1.54, 1.807) is 6.07 Å². The summed E-state index contributed by atoms with van der Waals surface area (Å²) in [5.41, 5.74) is 2.30. The molecule has 3 nitrogen and oxygen atoms in total. The lowest BCUT2D eigenvalue weighted by Crippen LogP contribution is -2.52. The summed E-state index contributed by atoms with van der Waals surface area (Å²) < 4.78 is 0. The second-order valence-electron chi connectivity index (χ2n) is 5.16. The van der Waals surface area contributed by atoms with E-state index < -0.39 is 0 Å². The van der Waals surface area contributed by atoms with E-state index >= 15 is 0 Å². The molecule has 0 saturated carbocycles. The third-order valence-corrected chi connectivity index (χ3v) is 4.44. The fourth-order valence-electron chi connectivity index (χ4n) is 3.23. The number of anilines is 1. The molecule has 0 spiro atoms. The van der Waals surface area contributed by atoms with E-state index in [0.29, 0.717) is 17.1 Å². The number of hydrogen-bond donors (Lipinski definition) is 1. The van der Waals surface area contributed by atoms with Gasteiger partial charge < -0.3 is 10.0 Å². The summed E-state index contributed by atoms with van der Waals surface area (Å²) >= 11 is 6.28. The fraction of sp³-hybridized carbons (Fsp3) is 0.538. The molecule has 1 saturated heterocycles. The predicted molar refractivity (Wildman–Crippen MR) is 69.9 cm³/mol. The van der Waals surface area contributed by atoms with Crippen molar-refractivity contribution in [2.45, 2.75) is 24.9 Å². The van der Waals surface area contributed by atoms with E-state index in [1.165, 1.54) is 5.56 Å². The molecule has 2 aliphatic rings. The average molecular weight is 253 g/mol. The van der Waals surface area contributed by atoms with Crippen molar-refractivity contribution in [3.63, 3.8) is 0 Å². The Morgan fingerprint density at radius 2 is 2.12 bits per heavy atom. The van der Waals surface area contributed by atoms with Gasteiger partial charge in [-0.3, -0.25) is 4.90 Å². The smallest absolute Gasteiger partial charge is 0.117 e. The maximum Gasteiger partial charge on any atom is 0.117 e. The molecule has 2 atom stereocenters. The van der Waals surface area contributed by atoms with Crippen molar-refractivity contribution >= 4 is 17.3 Å². The van der Waals surface area contributed by atoms with Crippen molar-refractivity contribution < 1.29 is 5.11 Å². The van der Waals surface area contributed by atoms with Crippen LogP contribution in [0.5, 0.6) is 5.75 Å². The molecule has 0 radical (unpaired) electrons. The Bertz CT molecular complexity index is 463. The van der Waals surface area contributed by atoms with E-state index in [-0.39, 0.29) is 5.75 Å². The first-order chi connectivity index (χ1) is 8.08. The highest BCUT2D eigenvalue weighted by atomic mass is 35.5. The highest BCUT2D eigenvalue weighted by molar-refractivity contribution is 6.33. The van der Waals surface area contributed by atoms with Crippen LogP contribution in [0.3, 0.4) is 0 Å². The van der Waals surface area contributed by atoms with E-state index in [9.17, 15) is 5.11 Å². The van der Waals surface area contributed by atoms with Crippen LogP contribution in [-0.2, 0) is 0 Å². The Hall–Kier alpha value is -0.930. The van der Waals surface area contributed by atoms with Crippen LogP contribution in [0.1, 0.15) is 24.3 Å². The molecule has 0 amide bonds. The average Bonchev–Trinajstić information content (AvgIpc) is 2.27. The summed E-state index contributed by atoms with van der Waals surface area (Å²) in [7, 11) is 4.25. The minimum Gasteiger partial charge on any atom is -0.508 e. The molecule has 2 aliphatic heterocycles. The summed E-state index contributed by atoms with van der Waals surface area (Å²) in [5, 5.41) is 10.4. The molecule has 1 aromatic carbocycles. The molecule has 0 aliphatic carbocycles. The molecule has 1 fully saturated rings. The summed E-state index contributed by atoms with van der Waals surface area (Å²) in [6.45, 7) is 1.10. The summed E-state index contributed by atoms with van der Waals surface area (Å²) in [6, 6.07) is 3.52. The SMILES string of the molecule is CN1CCC2CC1N(C)c1c(Cl)cc(O)cc12. The molecule has 2 heterocycles. The highest BCUT2D eigenvalue weighted by Gasteiger charge is 2.37. The van der Waals surface area contributed by atoms with Crippen LogP contribution < -0.4 is 4.90 Å². The van der Waals surface area contributed by atoms with Crippen molar-refractivity contribution in [1.29, 1.82) is 0 Å². The number of aromatic hydroxyl groups is 1. The topological polar surface area (TPSA) is 26.7 Å². The molecule has 92 valence electrons. The largest absolute Gasteiger partial charge is 0.508 e. The van der Waals surface area contributed by atoms with Crippen molar-refractivity contribution in [3.8, 4) is 5.75 Å². The van der Waals surface area contributed by atoms with Gasteiger partial charge in [-0.15, -0.1) is 0 Å². The van der Waals surface area contributed by atoms with Crippen LogP contribution in [-0.4, -0.2) is 36.8 Å². The van der Waals surface area contributed by atoms with Crippen molar-refractivity contribution in [3.05, 3.63) is 22.7 Å². The molecular weight excluding hydrogens is 236 g/mol. The van der Waals surface area contributed by atoms with Gasteiger partial charge in [0.15, 0.2) is 0 Å². The minimum atomic E-state index is 0.277. The van der Waals surface area contributed by atoms with Gasteiger partial charge in [0.1, 0.15) is 5.75 Å². The standard InChI is InChI=1S/C13H17ClN2O/c1-15-4-3-8-5-12(15)16(2)13-10(8)6-9(17)7-11(13)14/h6-8,12,17H,3-5H2,1-2H3. The normalized spacial score (nSPS) is 28.1. The number of rotatable bonds is 0. The molecule has 1 N–H and O–H groups in total. The molecule has 0 aromatic heterocycles. The van der Waals surface area contributed by atoms with E-state index in [4.69, 9.17) is 11.6 Å². The van der Waals surface area contributed by atoms with Crippen LogP contribution in [0.2, 0.25) is 5.02 Å².